The second-order valence-corrected chi connectivity index (χ2v) is 4.58. The van der Waals surface area contributed by atoms with Crippen LogP contribution in [0.25, 0.3) is 0 Å². The van der Waals surface area contributed by atoms with Crippen LogP contribution in [-0.4, -0.2) is 36.1 Å². The molecule has 3 heteroatoms. The third-order valence-electron chi connectivity index (χ3n) is 2.04. The standard InChI is InChI=1S/C10H20O3/c1-10(2,3)13-5-4-12-9-6-8(11)7-9/h8-9,11H,4-7H2,1-3H3. The van der Waals surface area contributed by atoms with Crippen molar-refractivity contribution in [2.45, 2.75) is 51.4 Å². The second-order valence-electron chi connectivity index (χ2n) is 4.58. The normalized spacial score (nSPS) is 28.6. The van der Waals surface area contributed by atoms with Crippen molar-refractivity contribution < 1.29 is 14.6 Å². The van der Waals surface area contributed by atoms with E-state index in [2.05, 4.69) is 0 Å². The Morgan fingerprint density at radius 2 is 1.85 bits per heavy atom. The van der Waals surface area contributed by atoms with Crippen molar-refractivity contribution in [3.63, 3.8) is 0 Å². The predicted octanol–water partition coefficient (Wildman–Crippen LogP) is 1.34. The molecule has 0 heterocycles. The van der Waals surface area contributed by atoms with Crippen LogP contribution in [0, 0.1) is 0 Å². The van der Waals surface area contributed by atoms with Gasteiger partial charge in [-0.3, -0.25) is 0 Å². The zero-order valence-corrected chi connectivity index (χ0v) is 8.75. The van der Waals surface area contributed by atoms with Crippen LogP contribution < -0.4 is 0 Å². The van der Waals surface area contributed by atoms with Gasteiger partial charge < -0.3 is 14.6 Å². The van der Waals surface area contributed by atoms with Gasteiger partial charge in [0.25, 0.3) is 0 Å². The first-order valence-electron chi connectivity index (χ1n) is 4.91. The van der Waals surface area contributed by atoms with Crippen LogP contribution in [0.5, 0.6) is 0 Å². The topological polar surface area (TPSA) is 38.7 Å². The molecule has 0 aromatic heterocycles. The highest BCUT2D eigenvalue weighted by Crippen LogP contribution is 2.22. The second kappa shape index (κ2) is 4.40. The van der Waals surface area contributed by atoms with Crippen molar-refractivity contribution in [1.82, 2.24) is 0 Å². The Hall–Kier alpha value is -0.120. The van der Waals surface area contributed by atoms with E-state index in [9.17, 15) is 0 Å². The molecule has 0 atom stereocenters. The van der Waals surface area contributed by atoms with E-state index in [1.54, 1.807) is 0 Å². The lowest BCUT2D eigenvalue weighted by Gasteiger charge is -2.31. The molecule has 1 saturated carbocycles. The summed E-state index contributed by atoms with van der Waals surface area (Å²) in [6.45, 7) is 7.35. The molecule has 1 fully saturated rings. The Kier molecular flexibility index (Phi) is 3.71. The zero-order chi connectivity index (χ0) is 9.90. The van der Waals surface area contributed by atoms with E-state index < -0.39 is 0 Å². The molecule has 1 N–H and O–H groups in total. The molecule has 0 saturated heterocycles. The molecule has 13 heavy (non-hydrogen) atoms. The van der Waals surface area contributed by atoms with Crippen LogP contribution in [0.1, 0.15) is 33.6 Å². The average molecular weight is 188 g/mol. The smallest absolute Gasteiger partial charge is 0.0707 e. The molecule has 1 rings (SSSR count). The summed E-state index contributed by atoms with van der Waals surface area (Å²) in [5.74, 6) is 0. The van der Waals surface area contributed by atoms with Gasteiger partial charge >= 0.3 is 0 Å². The Labute approximate surface area is 80.0 Å². The van der Waals surface area contributed by atoms with Gasteiger partial charge in [-0.2, -0.15) is 0 Å². The zero-order valence-electron chi connectivity index (χ0n) is 8.75. The first-order valence-corrected chi connectivity index (χ1v) is 4.91. The van der Waals surface area contributed by atoms with E-state index in [1.165, 1.54) is 0 Å². The van der Waals surface area contributed by atoms with E-state index in [4.69, 9.17) is 14.6 Å². The number of aliphatic hydroxyl groups is 1. The molecule has 0 aromatic rings. The van der Waals surface area contributed by atoms with Gasteiger partial charge in [0, 0.05) is 0 Å². The minimum atomic E-state index is -0.131. The largest absolute Gasteiger partial charge is 0.393 e. The van der Waals surface area contributed by atoms with E-state index in [1.807, 2.05) is 20.8 Å². The number of ether oxygens (including phenoxy) is 2. The predicted molar refractivity (Wildman–Crippen MR) is 50.7 cm³/mol. The van der Waals surface area contributed by atoms with Crippen molar-refractivity contribution >= 4 is 0 Å². The highest BCUT2D eigenvalue weighted by molar-refractivity contribution is 4.78. The Balaban J connectivity index is 1.90. The molecule has 0 amide bonds. The molecule has 0 spiro atoms. The fourth-order valence-corrected chi connectivity index (χ4v) is 1.24. The van der Waals surface area contributed by atoms with Crippen molar-refractivity contribution in [3.8, 4) is 0 Å². The van der Waals surface area contributed by atoms with Crippen molar-refractivity contribution in [2.24, 2.45) is 0 Å². The van der Waals surface area contributed by atoms with Gasteiger partial charge in [-0.05, 0) is 33.6 Å². The summed E-state index contributed by atoms with van der Waals surface area (Å²) in [4.78, 5) is 0. The molecule has 0 aromatic carbocycles. The average Bonchev–Trinajstić information content (AvgIpc) is 1.91. The maximum Gasteiger partial charge on any atom is 0.0707 e. The van der Waals surface area contributed by atoms with Gasteiger partial charge in [0.15, 0.2) is 0 Å². The molecule has 3 nitrogen and oxygen atoms in total. The first kappa shape index (κ1) is 11.0. The third kappa shape index (κ3) is 4.60. The molecule has 0 bridgehead atoms. The minimum absolute atomic E-state index is 0.0809. The monoisotopic (exact) mass is 188 g/mol. The van der Waals surface area contributed by atoms with Crippen LogP contribution in [0.3, 0.4) is 0 Å². The lowest BCUT2D eigenvalue weighted by atomic mass is 9.92. The Morgan fingerprint density at radius 3 is 2.31 bits per heavy atom. The van der Waals surface area contributed by atoms with E-state index in [0.717, 1.165) is 12.8 Å². The third-order valence-corrected chi connectivity index (χ3v) is 2.04. The molecule has 78 valence electrons. The quantitative estimate of drug-likeness (QED) is 0.677. The molecule has 0 aliphatic heterocycles. The summed E-state index contributed by atoms with van der Waals surface area (Å²) in [5, 5.41) is 8.99. The van der Waals surface area contributed by atoms with E-state index >= 15 is 0 Å². The summed E-state index contributed by atoms with van der Waals surface area (Å²) in [6, 6.07) is 0. The van der Waals surface area contributed by atoms with Crippen molar-refractivity contribution in [2.75, 3.05) is 13.2 Å². The van der Waals surface area contributed by atoms with Gasteiger partial charge in [-0.1, -0.05) is 0 Å². The molecular formula is C10H20O3. The van der Waals surface area contributed by atoms with Crippen LogP contribution in [0.4, 0.5) is 0 Å². The highest BCUT2D eigenvalue weighted by atomic mass is 16.5. The van der Waals surface area contributed by atoms with Gasteiger partial charge in [0.1, 0.15) is 0 Å². The van der Waals surface area contributed by atoms with Crippen LogP contribution in [0.2, 0.25) is 0 Å². The maximum atomic E-state index is 8.99. The van der Waals surface area contributed by atoms with Gasteiger partial charge in [-0.25, -0.2) is 0 Å². The number of rotatable bonds is 4. The van der Waals surface area contributed by atoms with Crippen molar-refractivity contribution in [3.05, 3.63) is 0 Å². The van der Waals surface area contributed by atoms with Crippen LogP contribution in [-0.2, 0) is 9.47 Å². The fourth-order valence-electron chi connectivity index (χ4n) is 1.24. The highest BCUT2D eigenvalue weighted by Gasteiger charge is 2.27. The molecule has 1 aliphatic carbocycles. The first-order chi connectivity index (χ1) is 5.97. The lowest BCUT2D eigenvalue weighted by Crippen LogP contribution is -2.36. The lowest BCUT2D eigenvalue weighted by molar-refractivity contribution is -0.0997. The van der Waals surface area contributed by atoms with Gasteiger partial charge in [-0.15, -0.1) is 0 Å². The summed E-state index contributed by atoms with van der Waals surface area (Å²) < 4.78 is 10.9. The molecule has 0 radical (unpaired) electrons. The Bertz CT molecular complexity index is 145. The van der Waals surface area contributed by atoms with Gasteiger partial charge in [0.2, 0.25) is 0 Å². The van der Waals surface area contributed by atoms with E-state index in [0.29, 0.717) is 13.2 Å². The number of aliphatic hydroxyl groups excluding tert-OH is 1. The van der Waals surface area contributed by atoms with Crippen molar-refractivity contribution in [1.29, 1.82) is 0 Å². The van der Waals surface area contributed by atoms with Crippen LogP contribution in [0.15, 0.2) is 0 Å². The minimum Gasteiger partial charge on any atom is -0.393 e. The summed E-state index contributed by atoms with van der Waals surface area (Å²) >= 11 is 0. The summed E-state index contributed by atoms with van der Waals surface area (Å²) in [5.41, 5.74) is -0.0809. The fraction of sp³-hybridized carbons (Fsp3) is 1.00. The summed E-state index contributed by atoms with van der Waals surface area (Å²) in [7, 11) is 0. The van der Waals surface area contributed by atoms with Gasteiger partial charge in [0.05, 0.1) is 31.0 Å². The maximum absolute atomic E-state index is 8.99. The SMILES string of the molecule is CC(C)(C)OCCOC1CC(O)C1. The number of hydrogen-bond acceptors (Lipinski definition) is 3. The molecule has 0 unspecified atom stereocenters. The molecule has 1 aliphatic rings. The number of hydrogen-bond donors (Lipinski definition) is 1. The molecular weight excluding hydrogens is 168 g/mol. The van der Waals surface area contributed by atoms with Crippen LogP contribution >= 0.6 is 0 Å². The van der Waals surface area contributed by atoms with E-state index in [-0.39, 0.29) is 17.8 Å². The Morgan fingerprint density at radius 1 is 1.23 bits per heavy atom. The summed E-state index contributed by atoms with van der Waals surface area (Å²) in [6.07, 6.45) is 1.71.